The predicted molar refractivity (Wildman–Crippen MR) is 52.9 cm³/mol. The van der Waals surface area contributed by atoms with Crippen LogP contribution in [0.1, 0.15) is 6.92 Å². The molecule has 1 aromatic heterocycles. The summed E-state index contributed by atoms with van der Waals surface area (Å²) in [5.74, 6) is 0.438. The van der Waals surface area contributed by atoms with Crippen LogP contribution in [0.3, 0.4) is 0 Å². The Morgan fingerprint density at radius 2 is 2.31 bits per heavy atom. The normalized spacial score (nSPS) is 10.5. The van der Waals surface area contributed by atoms with E-state index in [4.69, 9.17) is 11.1 Å². The highest BCUT2D eigenvalue weighted by molar-refractivity contribution is 5.94. The molecule has 0 unspecified atom stereocenters. The summed E-state index contributed by atoms with van der Waals surface area (Å²) in [4.78, 5) is 4.14. The van der Waals surface area contributed by atoms with Crippen molar-refractivity contribution >= 4 is 22.6 Å². The van der Waals surface area contributed by atoms with Gasteiger partial charge in [-0.3, -0.25) is 9.98 Å². The van der Waals surface area contributed by atoms with Crippen molar-refractivity contribution in [3.8, 4) is 0 Å². The average molecular weight is 174 g/mol. The third-order valence-electron chi connectivity index (χ3n) is 1.97. The fourth-order valence-corrected chi connectivity index (χ4v) is 1.33. The van der Waals surface area contributed by atoms with Crippen molar-refractivity contribution in [1.29, 1.82) is 5.41 Å². The highest BCUT2D eigenvalue weighted by Crippen LogP contribution is 2.18. The number of aromatic nitrogens is 2. The Labute approximate surface area is 75.5 Å². The number of anilines is 1. The van der Waals surface area contributed by atoms with Crippen molar-refractivity contribution < 1.29 is 0 Å². The van der Waals surface area contributed by atoms with Crippen molar-refractivity contribution in [3.63, 3.8) is 0 Å². The predicted octanol–water partition coefficient (Wildman–Crippen LogP) is 1.46. The minimum absolute atomic E-state index is 0.438. The van der Waals surface area contributed by atoms with E-state index in [1.807, 2.05) is 12.1 Å². The van der Waals surface area contributed by atoms with E-state index in [9.17, 15) is 0 Å². The molecule has 0 spiro atoms. The number of nitrogen functional groups attached to an aromatic ring is 1. The van der Waals surface area contributed by atoms with Crippen LogP contribution in [0.4, 0.5) is 5.69 Å². The van der Waals surface area contributed by atoms with Gasteiger partial charge in [0.1, 0.15) is 17.7 Å². The van der Waals surface area contributed by atoms with Gasteiger partial charge >= 0.3 is 0 Å². The van der Waals surface area contributed by atoms with E-state index in [1.54, 1.807) is 23.9 Å². The number of rotatable bonds is 0. The molecule has 4 heteroatoms. The third kappa shape index (κ3) is 1.07. The maximum Gasteiger partial charge on any atom is 0.112 e. The molecule has 0 saturated carbocycles. The number of imidazole rings is 1. The first kappa shape index (κ1) is 7.79. The van der Waals surface area contributed by atoms with Gasteiger partial charge in [0.15, 0.2) is 0 Å². The number of benzene rings is 1. The molecule has 0 bridgehead atoms. The van der Waals surface area contributed by atoms with Crippen LogP contribution in [0.2, 0.25) is 0 Å². The highest BCUT2D eigenvalue weighted by Gasteiger charge is 2.04. The molecule has 0 radical (unpaired) electrons. The fourth-order valence-electron chi connectivity index (χ4n) is 1.33. The Morgan fingerprint density at radius 1 is 1.54 bits per heavy atom. The molecular weight excluding hydrogens is 164 g/mol. The maximum absolute atomic E-state index is 7.49. The van der Waals surface area contributed by atoms with Gasteiger partial charge in [-0.1, -0.05) is 6.07 Å². The summed E-state index contributed by atoms with van der Waals surface area (Å²) in [5.41, 5.74) is 8.01. The zero-order chi connectivity index (χ0) is 9.42. The molecule has 1 aromatic carbocycles. The van der Waals surface area contributed by atoms with E-state index >= 15 is 0 Å². The van der Waals surface area contributed by atoms with E-state index in [2.05, 4.69) is 4.98 Å². The summed E-state index contributed by atoms with van der Waals surface area (Å²) >= 11 is 0. The molecule has 3 N–H and O–H groups in total. The van der Waals surface area contributed by atoms with Crippen LogP contribution >= 0.6 is 0 Å². The molecule has 0 amide bonds. The summed E-state index contributed by atoms with van der Waals surface area (Å²) in [6, 6.07) is 5.56. The quantitative estimate of drug-likeness (QED) is 0.360. The molecule has 4 nitrogen and oxygen atoms in total. The summed E-state index contributed by atoms with van der Waals surface area (Å²) < 4.78 is 1.70. The topological polar surface area (TPSA) is 67.7 Å². The van der Waals surface area contributed by atoms with Gasteiger partial charge < -0.3 is 5.73 Å². The van der Waals surface area contributed by atoms with Gasteiger partial charge in [-0.25, -0.2) is 4.98 Å². The molecular formula is C9H10N4. The maximum atomic E-state index is 7.49. The Bertz CT molecular complexity index is 469. The number of hydrogen-bond donors (Lipinski definition) is 2. The van der Waals surface area contributed by atoms with Crippen molar-refractivity contribution in [2.24, 2.45) is 0 Å². The molecule has 66 valence electrons. The lowest BCUT2D eigenvalue weighted by Gasteiger charge is -1.99. The van der Waals surface area contributed by atoms with Gasteiger partial charge in [0.25, 0.3) is 0 Å². The van der Waals surface area contributed by atoms with Crippen molar-refractivity contribution in [2.75, 3.05) is 5.73 Å². The number of nitrogens with zero attached hydrogens (tertiary/aromatic N) is 2. The van der Waals surface area contributed by atoms with Crippen LogP contribution in [0.5, 0.6) is 0 Å². The highest BCUT2D eigenvalue weighted by atomic mass is 15.1. The second-order valence-corrected chi connectivity index (χ2v) is 2.91. The van der Waals surface area contributed by atoms with E-state index in [0.29, 0.717) is 11.5 Å². The lowest BCUT2D eigenvalue weighted by Crippen LogP contribution is -2.03. The van der Waals surface area contributed by atoms with Crippen LogP contribution < -0.4 is 5.73 Å². The van der Waals surface area contributed by atoms with Crippen LogP contribution in [0, 0.1) is 5.41 Å². The second-order valence-electron chi connectivity index (χ2n) is 2.91. The van der Waals surface area contributed by atoms with Gasteiger partial charge in [0.2, 0.25) is 0 Å². The fraction of sp³-hybridized carbons (Fsp3) is 0.111. The van der Waals surface area contributed by atoms with Crippen molar-refractivity contribution in [3.05, 3.63) is 24.5 Å². The SMILES string of the molecule is CC(=N)n1cnc2c(N)cccc21. The molecule has 2 aromatic rings. The molecule has 1 heterocycles. The van der Waals surface area contributed by atoms with E-state index in [-0.39, 0.29) is 0 Å². The molecule has 0 aliphatic carbocycles. The first-order chi connectivity index (χ1) is 6.20. The first-order valence-corrected chi connectivity index (χ1v) is 3.97. The molecule has 0 fully saturated rings. The second kappa shape index (κ2) is 2.58. The standard InChI is InChI=1S/C9H10N4/c1-6(10)13-5-12-9-7(11)3-2-4-8(9)13/h2-5,10H,11H2,1H3. The summed E-state index contributed by atoms with van der Waals surface area (Å²) in [6.45, 7) is 1.71. The van der Waals surface area contributed by atoms with Crippen LogP contribution in [0.15, 0.2) is 24.5 Å². The lowest BCUT2D eigenvalue weighted by molar-refractivity contribution is 1.13. The molecule has 13 heavy (non-hydrogen) atoms. The number of nitrogens with one attached hydrogen (secondary N) is 1. The number of fused-ring (bicyclic) bond motifs is 1. The Balaban J connectivity index is 2.83. The average Bonchev–Trinajstić information content (AvgIpc) is 2.48. The zero-order valence-corrected chi connectivity index (χ0v) is 7.28. The number of para-hydroxylation sites is 1. The van der Waals surface area contributed by atoms with Crippen LogP contribution in [-0.2, 0) is 0 Å². The molecule has 0 aliphatic rings. The van der Waals surface area contributed by atoms with Gasteiger partial charge in [-0.2, -0.15) is 0 Å². The largest absolute Gasteiger partial charge is 0.397 e. The van der Waals surface area contributed by atoms with Gasteiger partial charge in [-0.15, -0.1) is 0 Å². The van der Waals surface area contributed by atoms with Crippen molar-refractivity contribution in [1.82, 2.24) is 9.55 Å². The Hall–Kier alpha value is -1.84. The van der Waals surface area contributed by atoms with E-state index < -0.39 is 0 Å². The van der Waals surface area contributed by atoms with Crippen molar-refractivity contribution in [2.45, 2.75) is 6.92 Å². The summed E-state index contributed by atoms with van der Waals surface area (Å²) in [7, 11) is 0. The van der Waals surface area contributed by atoms with Crippen LogP contribution in [0.25, 0.3) is 11.0 Å². The summed E-state index contributed by atoms with van der Waals surface area (Å²) in [6.07, 6.45) is 1.61. The number of nitrogens with two attached hydrogens (primary N) is 1. The molecule has 0 aliphatic heterocycles. The monoisotopic (exact) mass is 174 g/mol. The minimum atomic E-state index is 0.438. The molecule has 0 atom stereocenters. The zero-order valence-electron chi connectivity index (χ0n) is 7.28. The van der Waals surface area contributed by atoms with Crippen LogP contribution in [-0.4, -0.2) is 15.4 Å². The summed E-state index contributed by atoms with van der Waals surface area (Å²) in [5, 5.41) is 7.49. The van der Waals surface area contributed by atoms with E-state index in [1.165, 1.54) is 0 Å². The third-order valence-corrected chi connectivity index (χ3v) is 1.97. The lowest BCUT2D eigenvalue weighted by atomic mass is 10.3. The van der Waals surface area contributed by atoms with Gasteiger partial charge in [0, 0.05) is 0 Å². The molecule has 2 rings (SSSR count). The van der Waals surface area contributed by atoms with Gasteiger partial charge in [-0.05, 0) is 19.1 Å². The Morgan fingerprint density at radius 3 is 3.00 bits per heavy atom. The minimum Gasteiger partial charge on any atom is -0.397 e. The van der Waals surface area contributed by atoms with E-state index in [0.717, 1.165) is 11.0 Å². The number of hydrogen-bond acceptors (Lipinski definition) is 3. The molecule has 0 saturated heterocycles. The first-order valence-electron chi connectivity index (χ1n) is 3.97. The Kier molecular flexibility index (Phi) is 1.55. The smallest absolute Gasteiger partial charge is 0.112 e. The van der Waals surface area contributed by atoms with Gasteiger partial charge in [0.05, 0.1) is 11.2 Å².